The zero-order valence-corrected chi connectivity index (χ0v) is 18.6. The van der Waals surface area contributed by atoms with E-state index in [2.05, 4.69) is 10.6 Å². The molecule has 0 aromatic heterocycles. The monoisotopic (exact) mass is 465 g/mol. The van der Waals surface area contributed by atoms with Gasteiger partial charge in [0, 0.05) is 18.9 Å². The predicted octanol–water partition coefficient (Wildman–Crippen LogP) is 2.54. The Morgan fingerprint density at radius 3 is 2.26 bits per heavy atom. The van der Waals surface area contributed by atoms with Gasteiger partial charge < -0.3 is 25.6 Å². The fourth-order valence-electron chi connectivity index (χ4n) is 4.05. The molecule has 2 amide bonds. The molecule has 0 saturated carbocycles. The summed E-state index contributed by atoms with van der Waals surface area (Å²) in [6.07, 6.45) is -1.77. The summed E-state index contributed by atoms with van der Waals surface area (Å²) in [7, 11) is 0. The predicted molar refractivity (Wildman–Crippen MR) is 123 cm³/mol. The van der Waals surface area contributed by atoms with Crippen LogP contribution in [-0.4, -0.2) is 53.5 Å². The Bertz CT molecular complexity index is 1030. The van der Waals surface area contributed by atoms with Gasteiger partial charge in [0.15, 0.2) is 0 Å². The second-order valence-corrected chi connectivity index (χ2v) is 8.07. The zero-order chi connectivity index (χ0) is 24.5. The molecule has 0 heterocycles. The summed E-state index contributed by atoms with van der Waals surface area (Å²) in [5.74, 6) is -1.91. The normalized spacial score (nSPS) is 13.6. The van der Waals surface area contributed by atoms with Crippen LogP contribution in [0.15, 0.2) is 48.5 Å². The van der Waals surface area contributed by atoms with Crippen LogP contribution >= 0.6 is 0 Å². The largest absolute Gasteiger partial charge is 0.481 e. The van der Waals surface area contributed by atoms with E-state index in [9.17, 15) is 19.5 Å². The molecule has 2 unspecified atom stereocenters. The van der Waals surface area contributed by atoms with E-state index in [0.717, 1.165) is 22.3 Å². The number of alkyl carbamates (subject to hydrolysis) is 1. The van der Waals surface area contributed by atoms with Crippen molar-refractivity contribution in [3.05, 3.63) is 59.7 Å². The molecular weight excluding hydrogens is 438 g/mol. The third-order valence-electron chi connectivity index (χ3n) is 5.66. The highest BCUT2D eigenvalue weighted by Gasteiger charge is 2.29. The molecule has 2 aromatic rings. The third kappa shape index (κ3) is 6.33. The van der Waals surface area contributed by atoms with Gasteiger partial charge in [0.25, 0.3) is 0 Å². The number of unbranched alkanes of at least 4 members (excludes halogenated alkanes) is 1. The van der Waals surface area contributed by atoms with Gasteiger partial charge >= 0.3 is 12.1 Å². The number of fused-ring (bicyclic) bond motifs is 3. The maximum atomic E-state index is 12.5. The number of nitriles is 1. The Hall–Kier alpha value is -3.90. The number of aliphatic hydroxyl groups is 1. The van der Waals surface area contributed by atoms with Gasteiger partial charge in [-0.3, -0.25) is 9.59 Å². The maximum absolute atomic E-state index is 12.5. The fraction of sp³-hybridized carbons (Fsp3) is 0.360. The van der Waals surface area contributed by atoms with Crippen molar-refractivity contribution in [1.29, 1.82) is 5.26 Å². The Kier molecular flexibility index (Phi) is 8.60. The number of carboxylic acid groups (broad SMARTS) is 1. The SMILES string of the molecule is N#CCCCC(NC(=O)OCC1c2ccccc2-c2ccccc21)C(=O)NCC(O)CC(=O)O. The van der Waals surface area contributed by atoms with Crippen LogP contribution in [0.1, 0.15) is 42.7 Å². The third-order valence-corrected chi connectivity index (χ3v) is 5.66. The van der Waals surface area contributed by atoms with Crippen molar-refractivity contribution in [2.24, 2.45) is 0 Å². The number of benzene rings is 2. The number of hydrogen-bond donors (Lipinski definition) is 4. The van der Waals surface area contributed by atoms with Crippen LogP contribution in [0.25, 0.3) is 11.1 Å². The first-order valence-electron chi connectivity index (χ1n) is 11.1. The van der Waals surface area contributed by atoms with Crippen molar-refractivity contribution in [2.75, 3.05) is 13.2 Å². The van der Waals surface area contributed by atoms with E-state index >= 15 is 0 Å². The van der Waals surface area contributed by atoms with E-state index in [-0.39, 0.29) is 31.9 Å². The highest BCUT2D eigenvalue weighted by Crippen LogP contribution is 2.44. The molecule has 34 heavy (non-hydrogen) atoms. The minimum Gasteiger partial charge on any atom is -0.481 e. The summed E-state index contributed by atoms with van der Waals surface area (Å²) < 4.78 is 5.48. The first-order chi connectivity index (χ1) is 16.4. The topological polar surface area (TPSA) is 149 Å². The van der Waals surface area contributed by atoms with E-state index in [4.69, 9.17) is 15.1 Å². The number of carbonyl (C=O) groups is 3. The van der Waals surface area contributed by atoms with Crippen molar-refractivity contribution in [2.45, 2.75) is 43.7 Å². The first kappa shape index (κ1) is 24.7. The van der Waals surface area contributed by atoms with Gasteiger partial charge in [-0.05, 0) is 35.1 Å². The molecule has 9 nitrogen and oxygen atoms in total. The number of rotatable bonds is 11. The smallest absolute Gasteiger partial charge is 0.407 e. The van der Waals surface area contributed by atoms with E-state index in [0.29, 0.717) is 6.42 Å². The Balaban J connectivity index is 1.60. The molecule has 0 aliphatic heterocycles. The van der Waals surface area contributed by atoms with E-state index in [1.54, 1.807) is 0 Å². The summed E-state index contributed by atoms with van der Waals surface area (Å²) in [6, 6.07) is 16.9. The highest BCUT2D eigenvalue weighted by molar-refractivity contribution is 5.85. The molecule has 178 valence electrons. The summed E-state index contributed by atoms with van der Waals surface area (Å²) in [5.41, 5.74) is 4.32. The lowest BCUT2D eigenvalue weighted by Gasteiger charge is -2.20. The molecule has 0 fully saturated rings. The minimum atomic E-state index is -1.25. The van der Waals surface area contributed by atoms with Crippen LogP contribution < -0.4 is 10.6 Å². The van der Waals surface area contributed by atoms with Crippen LogP contribution in [0.3, 0.4) is 0 Å². The maximum Gasteiger partial charge on any atom is 0.407 e. The van der Waals surface area contributed by atoms with E-state index in [1.165, 1.54) is 0 Å². The number of carbonyl (C=O) groups excluding carboxylic acids is 2. The Morgan fingerprint density at radius 1 is 1.06 bits per heavy atom. The number of ether oxygens (including phenoxy) is 1. The van der Waals surface area contributed by atoms with Crippen molar-refractivity contribution in [3.8, 4) is 17.2 Å². The fourth-order valence-corrected chi connectivity index (χ4v) is 4.05. The van der Waals surface area contributed by atoms with E-state index < -0.39 is 36.5 Å². The minimum absolute atomic E-state index is 0.0870. The van der Waals surface area contributed by atoms with Gasteiger partial charge in [0.1, 0.15) is 12.6 Å². The number of aliphatic hydroxyl groups excluding tert-OH is 1. The zero-order valence-electron chi connectivity index (χ0n) is 18.6. The molecule has 1 aliphatic rings. The molecule has 2 aromatic carbocycles. The summed E-state index contributed by atoms with van der Waals surface area (Å²) >= 11 is 0. The van der Waals surface area contributed by atoms with Gasteiger partial charge in [-0.2, -0.15) is 5.26 Å². The Labute approximate surface area is 197 Å². The molecule has 0 radical (unpaired) electrons. The second-order valence-electron chi connectivity index (χ2n) is 8.07. The summed E-state index contributed by atoms with van der Waals surface area (Å²) in [5, 5.41) is 32.1. The Morgan fingerprint density at radius 2 is 1.68 bits per heavy atom. The molecule has 4 N–H and O–H groups in total. The molecular formula is C25H27N3O6. The first-order valence-corrected chi connectivity index (χ1v) is 11.1. The molecule has 2 atom stereocenters. The lowest BCUT2D eigenvalue weighted by atomic mass is 9.98. The van der Waals surface area contributed by atoms with Crippen LogP contribution in [0.5, 0.6) is 0 Å². The number of hydrogen-bond acceptors (Lipinski definition) is 6. The average Bonchev–Trinajstić information content (AvgIpc) is 3.14. The van der Waals surface area contributed by atoms with Crippen molar-refractivity contribution in [1.82, 2.24) is 10.6 Å². The highest BCUT2D eigenvalue weighted by atomic mass is 16.5. The molecule has 0 spiro atoms. The molecule has 0 bridgehead atoms. The van der Waals surface area contributed by atoms with Gasteiger partial charge in [-0.1, -0.05) is 48.5 Å². The van der Waals surface area contributed by atoms with Crippen molar-refractivity contribution >= 4 is 18.0 Å². The average molecular weight is 466 g/mol. The van der Waals surface area contributed by atoms with Crippen LogP contribution in [0.4, 0.5) is 4.79 Å². The van der Waals surface area contributed by atoms with Crippen molar-refractivity contribution in [3.63, 3.8) is 0 Å². The van der Waals surface area contributed by atoms with Crippen molar-refractivity contribution < 1.29 is 29.3 Å². The number of aliphatic carboxylic acids is 1. The van der Waals surface area contributed by atoms with Crippen LogP contribution in [0, 0.1) is 11.3 Å². The lowest BCUT2D eigenvalue weighted by Crippen LogP contribution is -2.48. The number of amides is 2. The summed E-state index contributed by atoms with van der Waals surface area (Å²) in [4.78, 5) is 35.7. The number of carboxylic acids is 1. The van der Waals surface area contributed by atoms with Gasteiger partial charge in [0.2, 0.25) is 5.91 Å². The van der Waals surface area contributed by atoms with Gasteiger partial charge in [0.05, 0.1) is 18.6 Å². The van der Waals surface area contributed by atoms with Gasteiger partial charge in [-0.25, -0.2) is 4.79 Å². The lowest BCUT2D eigenvalue weighted by molar-refractivity contribution is -0.139. The summed E-state index contributed by atoms with van der Waals surface area (Å²) in [6.45, 7) is -0.185. The second kappa shape index (κ2) is 11.8. The quantitative estimate of drug-likeness (QED) is 0.373. The molecule has 9 heteroatoms. The molecule has 1 aliphatic carbocycles. The number of nitrogens with zero attached hydrogens (tertiary/aromatic N) is 1. The number of nitrogens with one attached hydrogen (secondary N) is 2. The van der Waals surface area contributed by atoms with Crippen LogP contribution in [-0.2, 0) is 14.3 Å². The molecule has 0 saturated heterocycles. The molecule has 3 rings (SSSR count). The van der Waals surface area contributed by atoms with Gasteiger partial charge in [-0.15, -0.1) is 0 Å². The van der Waals surface area contributed by atoms with E-state index in [1.807, 2.05) is 54.6 Å². The van der Waals surface area contributed by atoms with Crippen LogP contribution in [0.2, 0.25) is 0 Å². The standard InChI is InChI=1S/C25H27N3O6/c26-12-6-5-11-22(24(32)27-14-16(29)13-23(30)31)28-25(33)34-15-21-19-9-3-1-7-17(19)18-8-2-4-10-20(18)21/h1-4,7-10,16,21-22,29H,5-6,11,13-15H2,(H,27,32)(H,28,33)(H,30,31).